The summed E-state index contributed by atoms with van der Waals surface area (Å²) in [6.45, 7) is 0.225. The Bertz CT molecular complexity index is 704. The highest BCUT2D eigenvalue weighted by molar-refractivity contribution is 7.85. The van der Waals surface area contributed by atoms with Crippen molar-refractivity contribution in [3.63, 3.8) is 0 Å². The fourth-order valence-corrected chi connectivity index (χ4v) is 2.79. The number of hydrogen-bond donors (Lipinski definition) is 1. The average molecular weight is 318 g/mol. The van der Waals surface area contributed by atoms with Gasteiger partial charge in [-0.3, -0.25) is 19.1 Å². The van der Waals surface area contributed by atoms with Crippen LogP contribution in [0, 0.1) is 10.1 Å². The predicted octanol–water partition coefficient (Wildman–Crippen LogP) is 2.13. The Morgan fingerprint density at radius 2 is 1.86 bits per heavy atom. The lowest BCUT2D eigenvalue weighted by molar-refractivity contribution is -0.384. The molecule has 0 aliphatic carbocycles. The topological polar surface area (TPSA) is 89.3 Å². The first-order chi connectivity index (χ1) is 10.6. The van der Waals surface area contributed by atoms with E-state index >= 15 is 0 Å². The van der Waals surface area contributed by atoms with Gasteiger partial charge in [0.2, 0.25) is 0 Å². The fourth-order valence-electron chi connectivity index (χ4n) is 1.81. The van der Waals surface area contributed by atoms with Crippen molar-refractivity contribution in [1.82, 2.24) is 5.32 Å². The predicted molar refractivity (Wildman–Crippen MR) is 83.1 cm³/mol. The van der Waals surface area contributed by atoms with E-state index in [2.05, 4.69) is 5.32 Å². The molecule has 0 spiro atoms. The molecule has 0 aliphatic rings. The lowest BCUT2D eigenvalue weighted by atomic mass is 10.2. The molecule has 2 rings (SSSR count). The van der Waals surface area contributed by atoms with E-state index in [0.29, 0.717) is 4.90 Å². The van der Waals surface area contributed by atoms with Crippen LogP contribution in [0.3, 0.4) is 0 Å². The smallest absolute Gasteiger partial charge is 0.270 e. The maximum Gasteiger partial charge on any atom is 0.270 e. The van der Waals surface area contributed by atoms with Crippen molar-refractivity contribution in [3.05, 3.63) is 70.3 Å². The number of amides is 1. The maximum absolute atomic E-state index is 12.0. The Labute approximate surface area is 129 Å². The zero-order valence-electron chi connectivity index (χ0n) is 11.6. The number of benzene rings is 2. The van der Waals surface area contributed by atoms with E-state index in [1.54, 1.807) is 24.3 Å². The molecule has 6 nitrogen and oxygen atoms in total. The molecule has 114 valence electrons. The van der Waals surface area contributed by atoms with Gasteiger partial charge in [-0.15, -0.1) is 0 Å². The molecule has 2 aromatic carbocycles. The molecule has 0 saturated heterocycles. The van der Waals surface area contributed by atoms with Crippen LogP contribution in [0.1, 0.15) is 10.4 Å². The minimum absolute atomic E-state index is 0.138. The summed E-state index contributed by atoms with van der Waals surface area (Å²) in [4.78, 5) is 22.7. The second-order valence-electron chi connectivity index (χ2n) is 4.43. The van der Waals surface area contributed by atoms with Crippen molar-refractivity contribution in [2.45, 2.75) is 4.90 Å². The van der Waals surface area contributed by atoms with E-state index in [4.69, 9.17) is 0 Å². The first-order valence-electron chi connectivity index (χ1n) is 6.54. The minimum Gasteiger partial charge on any atom is -0.351 e. The SMILES string of the molecule is O=C(NCC[S@@](=O)c1ccccc1)c1cccc([N+](=O)[O-])c1. The molecule has 0 unspecified atom stereocenters. The third kappa shape index (κ3) is 4.23. The standard InChI is InChI=1S/C15H14N2O4S/c18-15(12-5-4-6-13(11-12)17(19)20)16-9-10-22(21)14-7-2-1-3-8-14/h1-8,11H,9-10H2,(H,16,18)/t22-/m1/s1. The molecule has 1 N–H and O–H groups in total. The van der Waals surface area contributed by atoms with E-state index in [-0.39, 0.29) is 23.5 Å². The normalized spacial score (nSPS) is 11.6. The molecule has 7 heteroatoms. The van der Waals surface area contributed by atoms with Gasteiger partial charge in [0.1, 0.15) is 0 Å². The molecule has 0 radical (unpaired) electrons. The van der Waals surface area contributed by atoms with Crippen LogP contribution in [0.4, 0.5) is 5.69 Å². The fraction of sp³-hybridized carbons (Fsp3) is 0.133. The summed E-state index contributed by atoms with van der Waals surface area (Å²) in [7, 11) is -1.19. The molecule has 0 aromatic heterocycles. The van der Waals surface area contributed by atoms with E-state index in [9.17, 15) is 19.1 Å². The first kappa shape index (κ1) is 15.8. The summed E-state index contributed by atoms with van der Waals surface area (Å²) < 4.78 is 12.0. The average Bonchev–Trinajstić information content (AvgIpc) is 2.55. The van der Waals surface area contributed by atoms with Crippen molar-refractivity contribution >= 4 is 22.4 Å². The number of hydrogen-bond acceptors (Lipinski definition) is 4. The third-order valence-corrected chi connectivity index (χ3v) is 4.27. The summed E-state index contributed by atoms with van der Waals surface area (Å²) in [6.07, 6.45) is 0. The second-order valence-corrected chi connectivity index (χ2v) is 6.00. The minimum atomic E-state index is -1.19. The number of nitro groups is 1. The maximum atomic E-state index is 12.0. The molecular formula is C15H14N2O4S. The molecule has 0 saturated carbocycles. The molecule has 0 aliphatic heterocycles. The van der Waals surface area contributed by atoms with Crippen LogP contribution in [0.15, 0.2) is 59.5 Å². The van der Waals surface area contributed by atoms with Crippen LogP contribution >= 0.6 is 0 Å². The van der Waals surface area contributed by atoms with Gasteiger partial charge in [0.25, 0.3) is 11.6 Å². The van der Waals surface area contributed by atoms with Crippen LogP contribution in [-0.4, -0.2) is 27.3 Å². The largest absolute Gasteiger partial charge is 0.351 e. The van der Waals surface area contributed by atoms with E-state index in [0.717, 1.165) is 0 Å². The van der Waals surface area contributed by atoms with Crippen LogP contribution in [0.5, 0.6) is 0 Å². The highest BCUT2D eigenvalue weighted by Crippen LogP contribution is 2.12. The molecule has 1 atom stereocenters. The summed E-state index contributed by atoms with van der Waals surface area (Å²) >= 11 is 0. The third-order valence-electron chi connectivity index (χ3n) is 2.90. The quantitative estimate of drug-likeness (QED) is 0.652. The lowest BCUT2D eigenvalue weighted by Crippen LogP contribution is -2.27. The first-order valence-corrected chi connectivity index (χ1v) is 7.86. The van der Waals surface area contributed by atoms with Crippen LogP contribution < -0.4 is 5.32 Å². The molecule has 0 fully saturated rings. The van der Waals surface area contributed by atoms with Crippen LogP contribution in [0.2, 0.25) is 0 Å². The number of rotatable bonds is 6. The molecule has 0 heterocycles. The number of carbonyl (C=O) groups is 1. The van der Waals surface area contributed by atoms with Gasteiger partial charge in [0, 0.05) is 34.9 Å². The zero-order chi connectivity index (χ0) is 15.9. The van der Waals surface area contributed by atoms with Gasteiger partial charge in [-0.05, 0) is 18.2 Å². The number of nitrogens with one attached hydrogen (secondary N) is 1. The van der Waals surface area contributed by atoms with Crippen molar-refractivity contribution < 1.29 is 13.9 Å². The van der Waals surface area contributed by atoms with E-state index < -0.39 is 21.6 Å². The summed E-state index contributed by atoms with van der Waals surface area (Å²) in [6, 6.07) is 14.4. The van der Waals surface area contributed by atoms with Gasteiger partial charge in [-0.25, -0.2) is 0 Å². The Morgan fingerprint density at radius 1 is 1.14 bits per heavy atom. The van der Waals surface area contributed by atoms with Crippen molar-refractivity contribution in [1.29, 1.82) is 0 Å². The highest BCUT2D eigenvalue weighted by atomic mass is 32.2. The van der Waals surface area contributed by atoms with Crippen molar-refractivity contribution in [3.8, 4) is 0 Å². The Kier molecular flexibility index (Phi) is 5.37. The van der Waals surface area contributed by atoms with Gasteiger partial charge in [-0.2, -0.15) is 0 Å². The van der Waals surface area contributed by atoms with Crippen molar-refractivity contribution in [2.75, 3.05) is 12.3 Å². The molecular weight excluding hydrogens is 304 g/mol. The van der Waals surface area contributed by atoms with Gasteiger partial charge < -0.3 is 5.32 Å². The Hall–Kier alpha value is -2.54. The van der Waals surface area contributed by atoms with Crippen LogP contribution in [0.25, 0.3) is 0 Å². The Balaban J connectivity index is 1.89. The summed E-state index contributed by atoms with van der Waals surface area (Å²) in [5.41, 5.74) is 0.0696. The number of nitrogens with zero attached hydrogens (tertiary/aromatic N) is 1. The van der Waals surface area contributed by atoms with Gasteiger partial charge in [0.05, 0.1) is 15.7 Å². The summed E-state index contributed by atoms with van der Waals surface area (Å²) in [5.74, 6) is -0.140. The summed E-state index contributed by atoms with van der Waals surface area (Å²) in [5, 5.41) is 13.3. The molecule has 2 aromatic rings. The van der Waals surface area contributed by atoms with Gasteiger partial charge in [0.15, 0.2) is 0 Å². The van der Waals surface area contributed by atoms with Gasteiger partial charge in [-0.1, -0.05) is 24.3 Å². The highest BCUT2D eigenvalue weighted by Gasteiger charge is 2.11. The lowest BCUT2D eigenvalue weighted by Gasteiger charge is -2.05. The Morgan fingerprint density at radius 3 is 2.55 bits per heavy atom. The van der Waals surface area contributed by atoms with Crippen LogP contribution in [-0.2, 0) is 10.8 Å². The van der Waals surface area contributed by atoms with E-state index in [1.165, 1.54) is 24.3 Å². The van der Waals surface area contributed by atoms with Gasteiger partial charge >= 0.3 is 0 Å². The number of nitro benzene ring substituents is 1. The second kappa shape index (κ2) is 7.46. The number of non-ortho nitro benzene ring substituents is 1. The monoisotopic (exact) mass is 318 g/mol. The van der Waals surface area contributed by atoms with Crippen molar-refractivity contribution in [2.24, 2.45) is 0 Å². The zero-order valence-corrected chi connectivity index (χ0v) is 12.4. The van der Waals surface area contributed by atoms with E-state index in [1.807, 2.05) is 6.07 Å². The molecule has 0 bridgehead atoms. The molecule has 1 amide bonds. The number of carbonyl (C=O) groups excluding carboxylic acids is 1. The molecule has 22 heavy (non-hydrogen) atoms.